The monoisotopic (exact) mass is 553 g/mol. The van der Waals surface area contributed by atoms with Gasteiger partial charge in [0.1, 0.15) is 11.4 Å². The molecular formula is C25H29Cl2N3O5S. The molecule has 0 unspecified atom stereocenters. The lowest BCUT2D eigenvalue weighted by atomic mass is 10.1. The van der Waals surface area contributed by atoms with Gasteiger partial charge in [-0.1, -0.05) is 36.2 Å². The lowest BCUT2D eigenvalue weighted by Gasteiger charge is -2.11. The SMILES string of the molecule is CCC(=O)NCCS(=O)(=O)NC(=O)c1[nH]c2cc(Cl)ccc2c1CCCOc1cc(C)c(Cl)c(C)c1. The van der Waals surface area contributed by atoms with Gasteiger partial charge in [0, 0.05) is 33.9 Å². The third kappa shape index (κ3) is 7.15. The molecule has 0 spiro atoms. The molecule has 11 heteroatoms. The average molecular weight is 554 g/mol. The minimum absolute atomic E-state index is 0.0918. The fraction of sp³-hybridized carbons (Fsp3) is 0.360. The maximum Gasteiger partial charge on any atom is 0.281 e. The first-order chi connectivity index (χ1) is 17.0. The summed E-state index contributed by atoms with van der Waals surface area (Å²) in [6.45, 7) is 5.78. The second-order valence-corrected chi connectivity index (χ2v) is 11.1. The van der Waals surface area contributed by atoms with E-state index in [0.717, 1.165) is 16.5 Å². The average Bonchev–Trinajstić information content (AvgIpc) is 3.17. The summed E-state index contributed by atoms with van der Waals surface area (Å²) < 4.78 is 32.8. The van der Waals surface area contributed by atoms with Crippen LogP contribution in [0.5, 0.6) is 5.75 Å². The molecule has 0 aliphatic rings. The van der Waals surface area contributed by atoms with Gasteiger partial charge in [-0.15, -0.1) is 0 Å². The van der Waals surface area contributed by atoms with Crippen LogP contribution in [0.1, 0.15) is 46.9 Å². The zero-order valence-corrected chi connectivity index (χ0v) is 22.7. The minimum Gasteiger partial charge on any atom is -0.494 e. The number of halogens is 2. The van der Waals surface area contributed by atoms with E-state index >= 15 is 0 Å². The minimum atomic E-state index is -3.96. The van der Waals surface area contributed by atoms with Crippen LogP contribution in [-0.2, 0) is 21.2 Å². The van der Waals surface area contributed by atoms with E-state index in [4.69, 9.17) is 27.9 Å². The number of fused-ring (bicyclic) bond motifs is 1. The number of aromatic amines is 1. The quantitative estimate of drug-likeness (QED) is 0.298. The predicted octanol–water partition coefficient (Wildman–Crippen LogP) is 4.69. The summed E-state index contributed by atoms with van der Waals surface area (Å²) in [7, 11) is -3.96. The predicted molar refractivity (Wildman–Crippen MR) is 143 cm³/mol. The number of amides is 2. The van der Waals surface area contributed by atoms with Gasteiger partial charge in [-0.2, -0.15) is 0 Å². The molecule has 0 fully saturated rings. The molecule has 0 aliphatic heterocycles. The third-order valence-corrected chi connectivity index (χ3v) is 7.68. The van der Waals surface area contributed by atoms with Crippen LogP contribution in [-0.4, -0.2) is 44.1 Å². The van der Waals surface area contributed by atoms with E-state index in [1.54, 1.807) is 25.1 Å². The molecule has 0 aliphatic carbocycles. The van der Waals surface area contributed by atoms with Crippen molar-refractivity contribution in [3.05, 3.63) is 62.8 Å². The van der Waals surface area contributed by atoms with Crippen molar-refractivity contribution in [3.63, 3.8) is 0 Å². The van der Waals surface area contributed by atoms with Crippen LogP contribution in [0, 0.1) is 13.8 Å². The molecule has 3 aromatic rings. The summed E-state index contributed by atoms with van der Waals surface area (Å²) in [5.74, 6) is -0.750. The molecule has 36 heavy (non-hydrogen) atoms. The lowest BCUT2D eigenvalue weighted by molar-refractivity contribution is -0.120. The maximum absolute atomic E-state index is 13.0. The molecule has 2 aromatic carbocycles. The number of carbonyl (C=O) groups excluding carboxylic acids is 2. The highest BCUT2D eigenvalue weighted by molar-refractivity contribution is 7.90. The van der Waals surface area contributed by atoms with E-state index < -0.39 is 21.7 Å². The first-order valence-corrected chi connectivity index (χ1v) is 13.9. The fourth-order valence-corrected chi connectivity index (χ4v) is 4.94. The first kappa shape index (κ1) is 27.8. The van der Waals surface area contributed by atoms with E-state index in [2.05, 4.69) is 15.0 Å². The van der Waals surface area contributed by atoms with E-state index in [1.807, 2.05) is 26.0 Å². The molecule has 1 aromatic heterocycles. The van der Waals surface area contributed by atoms with Gasteiger partial charge in [0.2, 0.25) is 15.9 Å². The number of nitrogens with one attached hydrogen (secondary N) is 3. The summed E-state index contributed by atoms with van der Waals surface area (Å²) >= 11 is 12.3. The molecular weight excluding hydrogens is 525 g/mol. The number of aromatic nitrogens is 1. The van der Waals surface area contributed by atoms with E-state index in [-0.39, 0.29) is 24.6 Å². The van der Waals surface area contributed by atoms with E-state index in [0.29, 0.717) is 46.3 Å². The Labute approximate surface area is 220 Å². The number of sulfonamides is 1. The molecule has 0 atom stereocenters. The molecule has 0 saturated carbocycles. The number of hydrogen-bond acceptors (Lipinski definition) is 5. The van der Waals surface area contributed by atoms with Gasteiger partial charge < -0.3 is 15.0 Å². The Balaban J connectivity index is 1.73. The Bertz CT molecular complexity index is 1360. The van der Waals surface area contributed by atoms with Crippen LogP contribution in [0.15, 0.2) is 30.3 Å². The normalized spacial score (nSPS) is 11.5. The molecule has 3 rings (SSSR count). The second-order valence-electron chi connectivity index (χ2n) is 8.45. The van der Waals surface area contributed by atoms with E-state index in [1.165, 1.54) is 0 Å². The van der Waals surface area contributed by atoms with Gasteiger partial charge in [0.25, 0.3) is 5.91 Å². The lowest BCUT2D eigenvalue weighted by Crippen LogP contribution is -2.37. The van der Waals surface area contributed by atoms with Crippen LogP contribution in [0.4, 0.5) is 0 Å². The molecule has 2 amide bonds. The van der Waals surface area contributed by atoms with Gasteiger partial charge in [-0.3, -0.25) is 9.59 Å². The number of H-pyrrole nitrogens is 1. The summed E-state index contributed by atoms with van der Waals surface area (Å²) in [5.41, 5.74) is 3.29. The van der Waals surface area contributed by atoms with Gasteiger partial charge in [-0.05, 0) is 67.6 Å². The number of rotatable bonds is 11. The van der Waals surface area contributed by atoms with Crippen molar-refractivity contribution in [1.29, 1.82) is 0 Å². The molecule has 1 heterocycles. The number of carbonyl (C=O) groups is 2. The smallest absolute Gasteiger partial charge is 0.281 e. The largest absolute Gasteiger partial charge is 0.494 e. The summed E-state index contributed by atoms with van der Waals surface area (Å²) in [6, 6.07) is 8.93. The van der Waals surface area contributed by atoms with Crippen molar-refractivity contribution < 1.29 is 22.7 Å². The van der Waals surface area contributed by atoms with E-state index in [9.17, 15) is 18.0 Å². The Morgan fingerprint density at radius 3 is 2.44 bits per heavy atom. The number of ether oxygens (including phenoxy) is 1. The van der Waals surface area contributed by atoms with Gasteiger partial charge in [-0.25, -0.2) is 13.1 Å². The number of hydrogen-bond donors (Lipinski definition) is 3. The molecule has 194 valence electrons. The van der Waals surface area contributed by atoms with Crippen LogP contribution >= 0.6 is 23.2 Å². The Morgan fingerprint density at radius 1 is 1.08 bits per heavy atom. The molecule has 3 N–H and O–H groups in total. The standard InChI is InChI=1S/C25H29Cl2N3O5S/c1-4-22(31)28-9-11-36(33,34)30-25(32)24-20(19-8-7-17(26)14-21(19)29-24)6-5-10-35-18-12-15(2)23(27)16(3)13-18/h7-8,12-14,29H,4-6,9-11H2,1-3H3,(H,28,31)(H,30,32). The zero-order valence-electron chi connectivity index (χ0n) is 20.3. The van der Waals surface area contributed by atoms with Crippen LogP contribution < -0.4 is 14.8 Å². The Hall–Kier alpha value is -2.75. The molecule has 8 nitrogen and oxygen atoms in total. The van der Waals surface area contributed by atoms with Gasteiger partial charge >= 0.3 is 0 Å². The maximum atomic E-state index is 13.0. The van der Waals surface area contributed by atoms with Gasteiger partial charge in [0.05, 0.1) is 12.4 Å². The highest BCUT2D eigenvalue weighted by Gasteiger charge is 2.22. The highest BCUT2D eigenvalue weighted by atomic mass is 35.5. The molecule has 0 saturated heterocycles. The first-order valence-electron chi connectivity index (χ1n) is 11.5. The number of benzene rings is 2. The Morgan fingerprint density at radius 2 is 1.78 bits per heavy atom. The number of aryl methyl sites for hydroxylation is 3. The third-order valence-electron chi connectivity index (χ3n) is 5.61. The van der Waals surface area contributed by atoms with Crippen molar-refractivity contribution >= 4 is 55.9 Å². The summed E-state index contributed by atoms with van der Waals surface area (Å²) in [5, 5.41) is 4.45. The van der Waals surface area contributed by atoms with Crippen molar-refractivity contribution in [3.8, 4) is 5.75 Å². The van der Waals surface area contributed by atoms with Crippen molar-refractivity contribution in [1.82, 2.24) is 15.0 Å². The highest BCUT2D eigenvalue weighted by Crippen LogP contribution is 2.28. The van der Waals surface area contributed by atoms with Crippen LogP contribution in [0.2, 0.25) is 10.0 Å². The van der Waals surface area contributed by atoms with Crippen LogP contribution in [0.25, 0.3) is 10.9 Å². The van der Waals surface area contributed by atoms with Gasteiger partial charge in [0.15, 0.2) is 0 Å². The topological polar surface area (TPSA) is 117 Å². The van der Waals surface area contributed by atoms with Crippen molar-refractivity contribution in [2.24, 2.45) is 0 Å². The molecule has 0 radical (unpaired) electrons. The Kier molecular flexibility index (Phi) is 9.27. The summed E-state index contributed by atoms with van der Waals surface area (Å²) in [6.07, 6.45) is 1.28. The van der Waals surface area contributed by atoms with Crippen molar-refractivity contribution in [2.45, 2.75) is 40.0 Å². The fourth-order valence-electron chi connectivity index (χ4n) is 3.80. The zero-order chi connectivity index (χ0) is 26.5. The van der Waals surface area contributed by atoms with Crippen LogP contribution in [0.3, 0.4) is 0 Å². The van der Waals surface area contributed by atoms with Crippen molar-refractivity contribution in [2.75, 3.05) is 18.9 Å². The second kappa shape index (κ2) is 12.0. The summed E-state index contributed by atoms with van der Waals surface area (Å²) in [4.78, 5) is 27.3. The molecule has 0 bridgehead atoms.